The van der Waals surface area contributed by atoms with Crippen LogP contribution in [0.3, 0.4) is 0 Å². The second-order valence-electron chi connectivity index (χ2n) is 3.90. The van der Waals surface area contributed by atoms with E-state index in [0.717, 1.165) is 5.56 Å². The third kappa shape index (κ3) is 4.54. The Morgan fingerprint density at radius 1 is 1.42 bits per heavy atom. The van der Waals surface area contributed by atoms with Crippen molar-refractivity contribution < 1.29 is 24.5 Å². The number of ether oxygens (including phenoxy) is 1. The van der Waals surface area contributed by atoms with Gasteiger partial charge in [0.2, 0.25) is 0 Å². The summed E-state index contributed by atoms with van der Waals surface area (Å²) in [6, 6.07) is 4.62. The van der Waals surface area contributed by atoms with Gasteiger partial charge in [-0.05, 0) is 25.0 Å². The third-order valence-electron chi connectivity index (χ3n) is 2.52. The first-order valence-corrected chi connectivity index (χ1v) is 6.18. The Morgan fingerprint density at radius 3 is 2.63 bits per heavy atom. The molecule has 0 amide bonds. The number of carbonyl (C=O) groups excluding carboxylic acids is 1. The van der Waals surface area contributed by atoms with E-state index in [-0.39, 0.29) is 23.0 Å². The molecule has 0 bridgehead atoms. The number of aryl methyl sites for hydroxylation is 1. The molecule has 5 nitrogen and oxygen atoms in total. The van der Waals surface area contributed by atoms with Gasteiger partial charge in [-0.3, -0.25) is 4.79 Å². The molecule has 19 heavy (non-hydrogen) atoms. The average Bonchev–Trinajstić information content (AvgIpc) is 2.36. The van der Waals surface area contributed by atoms with E-state index in [9.17, 15) is 14.7 Å². The van der Waals surface area contributed by atoms with Crippen LogP contribution >= 0.6 is 11.6 Å². The smallest absolute Gasteiger partial charge is 0.337 e. The average molecular weight is 287 g/mol. The molecule has 6 heteroatoms. The summed E-state index contributed by atoms with van der Waals surface area (Å²) in [5.41, 5.74) is 0.911. The van der Waals surface area contributed by atoms with Crippen molar-refractivity contribution in [2.45, 2.75) is 25.9 Å². The highest BCUT2D eigenvalue weighted by molar-refractivity contribution is 6.31. The predicted octanol–water partition coefficient (Wildman–Crippen LogP) is 1.95. The summed E-state index contributed by atoms with van der Waals surface area (Å²) in [7, 11) is 0. The number of rotatable bonds is 6. The molecule has 1 unspecified atom stereocenters. The Labute approximate surface area is 115 Å². The number of carbonyl (C=O) groups is 2. The number of aliphatic hydroxyl groups excluding tert-OH is 1. The standard InChI is InChI=1S/C13H15ClO5/c1-2-19-11(15)6-4-8-3-5-9(10(14)7-8)12(16)13(17)18/h3,5,7,12,16H,2,4,6H2,1H3,(H,17,18). The predicted molar refractivity (Wildman–Crippen MR) is 69.0 cm³/mol. The van der Waals surface area contributed by atoms with Gasteiger partial charge in [-0.25, -0.2) is 4.79 Å². The molecule has 1 rings (SSSR count). The summed E-state index contributed by atoms with van der Waals surface area (Å²) < 4.78 is 4.80. The van der Waals surface area contributed by atoms with Crippen molar-refractivity contribution in [2.24, 2.45) is 0 Å². The van der Waals surface area contributed by atoms with Gasteiger partial charge in [0.05, 0.1) is 6.61 Å². The number of hydrogen-bond donors (Lipinski definition) is 2. The molecule has 104 valence electrons. The molecule has 0 saturated heterocycles. The number of carboxylic acids is 1. The maximum absolute atomic E-state index is 11.2. The van der Waals surface area contributed by atoms with Crippen LogP contribution in [-0.2, 0) is 20.7 Å². The molecule has 0 heterocycles. The van der Waals surface area contributed by atoms with E-state index in [1.165, 1.54) is 6.07 Å². The van der Waals surface area contributed by atoms with E-state index < -0.39 is 12.1 Å². The molecule has 0 aromatic heterocycles. The van der Waals surface area contributed by atoms with Crippen LogP contribution in [-0.4, -0.2) is 28.8 Å². The van der Waals surface area contributed by atoms with Crippen molar-refractivity contribution >= 4 is 23.5 Å². The van der Waals surface area contributed by atoms with Crippen molar-refractivity contribution in [1.82, 2.24) is 0 Å². The van der Waals surface area contributed by atoms with Gasteiger partial charge in [-0.2, -0.15) is 0 Å². The van der Waals surface area contributed by atoms with Gasteiger partial charge in [-0.15, -0.1) is 0 Å². The van der Waals surface area contributed by atoms with Crippen LogP contribution in [0.4, 0.5) is 0 Å². The van der Waals surface area contributed by atoms with Gasteiger partial charge in [0.1, 0.15) is 0 Å². The van der Waals surface area contributed by atoms with E-state index in [1.54, 1.807) is 19.1 Å². The zero-order valence-electron chi connectivity index (χ0n) is 10.4. The number of benzene rings is 1. The second-order valence-corrected chi connectivity index (χ2v) is 4.31. The molecule has 0 saturated carbocycles. The lowest BCUT2D eigenvalue weighted by Gasteiger charge is -2.10. The first-order chi connectivity index (χ1) is 8.95. The molecule has 0 aliphatic rings. The molecule has 2 N–H and O–H groups in total. The van der Waals surface area contributed by atoms with Gasteiger partial charge in [0, 0.05) is 17.0 Å². The van der Waals surface area contributed by atoms with E-state index in [0.29, 0.717) is 13.0 Å². The molecular weight excluding hydrogens is 272 g/mol. The summed E-state index contributed by atoms with van der Waals surface area (Å²) in [6.07, 6.45) is -0.973. The monoisotopic (exact) mass is 286 g/mol. The van der Waals surface area contributed by atoms with Crippen LogP contribution < -0.4 is 0 Å². The van der Waals surface area contributed by atoms with Crippen LogP contribution in [0.5, 0.6) is 0 Å². The van der Waals surface area contributed by atoms with E-state index in [2.05, 4.69) is 0 Å². The zero-order valence-corrected chi connectivity index (χ0v) is 11.2. The topological polar surface area (TPSA) is 83.8 Å². The van der Waals surface area contributed by atoms with Crippen molar-refractivity contribution in [3.05, 3.63) is 34.3 Å². The highest BCUT2D eigenvalue weighted by atomic mass is 35.5. The van der Waals surface area contributed by atoms with Crippen molar-refractivity contribution in [1.29, 1.82) is 0 Å². The number of carboxylic acid groups (broad SMARTS) is 1. The van der Waals surface area contributed by atoms with Crippen LogP contribution in [0, 0.1) is 0 Å². The largest absolute Gasteiger partial charge is 0.479 e. The molecule has 0 aliphatic carbocycles. The quantitative estimate of drug-likeness (QED) is 0.781. The van der Waals surface area contributed by atoms with Crippen molar-refractivity contribution in [3.8, 4) is 0 Å². The van der Waals surface area contributed by atoms with Gasteiger partial charge in [-0.1, -0.05) is 23.7 Å². The fraction of sp³-hybridized carbons (Fsp3) is 0.385. The third-order valence-corrected chi connectivity index (χ3v) is 2.84. The molecule has 1 aromatic carbocycles. The molecule has 1 aromatic rings. The minimum absolute atomic E-state index is 0.133. The minimum atomic E-state index is -1.65. The normalized spacial score (nSPS) is 11.9. The Balaban J connectivity index is 2.72. The van der Waals surface area contributed by atoms with E-state index in [4.69, 9.17) is 21.4 Å². The summed E-state index contributed by atoms with van der Waals surface area (Å²) >= 11 is 5.91. The Morgan fingerprint density at radius 2 is 2.11 bits per heavy atom. The molecule has 0 radical (unpaired) electrons. The maximum atomic E-state index is 11.2. The number of aliphatic hydroxyl groups is 1. The first kappa shape index (κ1) is 15.5. The molecular formula is C13H15ClO5. The summed E-state index contributed by atoms with van der Waals surface area (Å²) in [5, 5.41) is 18.3. The summed E-state index contributed by atoms with van der Waals surface area (Å²) in [5.74, 6) is -1.66. The number of aliphatic carboxylic acids is 1. The summed E-state index contributed by atoms with van der Waals surface area (Å²) in [6.45, 7) is 2.07. The molecule has 0 aliphatic heterocycles. The van der Waals surface area contributed by atoms with Crippen LogP contribution in [0.2, 0.25) is 5.02 Å². The van der Waals surface area contributed by atoms with Gasteiger partial charge < -0.3 is 14.9 Å². The maximum Gasteiger partial charge on any atom is 0.337 e. The second kappa shape index (κ2) is 7.11. The van der Waals surface area contributed by atoms with Crippen molar-refractivity contribution in [2.75, 3.05) is 6.61 Å². The minimum Gasteiger partial charge on any atom is -0.479 e. The Hall–Kier alpha value is -1.59. The molecule has 0 spiro atoms. The number of halogens is 1. The zero-order chi connectivity index (χ0) is 14.4. The lowest BCUT2D eigenvalue weighted by molar-refractivity contribution is -0.147. The lowest BCUT2D eigenvalue weighted by Crippen LogP contribution is -2.11. The first-order valence-electron chi connectivity index (χ1n) is 5.80. The van der Waals surface area contributed by atoms with E-state index >= 15 is 0 Å². The van der Waals surface area contributed by atoms with Crippen LogP contribution in [0.15, 0.2) is 18.2 Å². The highest BCUT2D eigenvalue weighted by Gasteiger charge is 2.19. The fourth-order valence-corrected chi connectivity index (χ4v) is 1.87. The highest BCUT2D eigenvalue weighted by Crippen LogP contribution is 2.25. The van der Waals surface area contributed by atoms with Gasteiger partial charge >= 0.3 is 11.9 Å². The fourth-order valence-electron chi connectivity index (χ4n) is 1.56. The summed E-state index contributed by atoms with van der Waals surface area (Å²) in [4.78, 5) is 21.8. The Bertz CT molecular complexity index is 472. The SMILES string of the molecule is CCOC(=O)CCc1ccc(C(O)C(=O)O)c(Cl)c1. The van der Waals surface area contributed by atoms with Crippen LogP contribution in [0.1, 0.15) is 30.6 Å². The number of esters is 1. The lowest BCUT2D eigenvalue weighted by atomic mass is 10.0. The van der Waals surface area contributed by atoms with Gasteiger partial charge in [0.25, 0.3) is 0 Å². The van der Waals surface area contributed by atoms with E-state index in [1.807, 2.05) is 0 Å². The molecule has 1 atom stereocenters. The Kier molecular flexibility index (Phi) is 5.79. The number of hydrogen-bond acceptors (Lipinski definition) is 4. The van der Waals surface area contributed by atoms with Gasteiger partial charge in [0.15, 0.2) is 6.10 Å². The van der Waals surface area contributed by atoms with Crippen molar-refractivity contribution in [3.63, 3.8) is 0 Å². The molecule has 0 fully saturated rings. The van der Waals surface area contributed by atoms with Crippen LogP contribution in [0.25, 0.3) is 0 Å².